The standard InChI is InChI=1S/C15H12FNOS/c1-10(18)14-7-2-11(9-17)8-15(14)19-13-5-3-12(16)4-6-13/h2-8,10,18H,1H3/t10-/m1/s1. The van der Waals surface area contributed by atoms with Gasteiger partial charge in [0.1, 0.15) is 5.82 Å². The molecule has 0 aromatic heterocycles. The minimum atomic E-state index is -0.615. The Labute approximate surface area is 115 Å². The normalized spacial score (nSPS) is 11.9. The number of halogens is 1. The van der Waals surface area contributed by atoms with E-state index in [9.17, 15) is 9.50 Å². The van der Waals surface area contributed by atoms with Gasteiger partial charge in [-0.15, -0.1) is 0 Å². The lowest BCUT2D eigenvalue weighted by Crippen LogP contribution is -1.94. The SMILES string of the molecule is C[C@@H](O)c1ccc(C#N)cc1Sc1ccc(F)cc1. The second kappa shape index (κ2) is 5.87. The lowest BCUT2D eigenvalue weighted by atomic mass is 10.1. The average molecular weight is 273 g/mol. The number of rotatable bonds is 3. The maximum absolute atomic E-state index is 12.9. The molecule has 2 rings (SSSR count). The minimum Gasteiger partial charge on any atom is -0.389 e. The van der Waals surface area contributed by atoms with Crippen LogP contribution < -0.4 is 0 Å². The summed E-state index contributed by atoms with van der Waals surface area (Å²) in [5.74, 6) is -0.286. The first-order chi connectivity index (χ1) is 9.10. The fourth-order valence-corrected chi connectivity index (χ4v) is 2.74. The van der Waals surface area contributed by atoms with E-state index in [1.54, 1.807) is 37.3 Å². The predicted molar refractivity (Wildman–Crippen MR) is 72.3 cm³/mol. The molecular formula is C15H12FNOS. The van der Waals surface area contributed by atoms with Crippen LogP contribution in [0, 0.1) is 17.1 Å². The smallest absolute Gasteiger partial charge is 0.123 e. The molecule has 0 aliphatic heterocycles. The predicted octanol–water partition coefficient (Wildman–Crippen LogP) is 3.90. The van der Waals surface area contributed by atoms with E-state index < -0.39 is 6.10 Å². The van der Waals surface area contributed by atoms with Crippen molar-refractivity contribution in [3.05, 3.63) is 59.4 Å². The number of benzene rings is 2. The molecule has 2 nitrogen and oxygen atoms in total. The maximum atomic E-state index is 12.9. The average Bonchev–Trinajstić information content (AvgIpc) is 2.41. The molecule has 19 heavy (non-hydrogen) atoms. The molecule has 0 aliphatic carbocycles. The van der Waals surface area contributed by atoms with Gasteiger partial charge in [-0.05, 0) is 48.9 Å². The molecule has 1 N–H and O–H groups in total. The van der Waals surface area contributed by atoms with Gasteiger partial charge in [0.2, 0.25) is 0 Å². The van der Waals surface area contributed by atoms with Gasteiger partial charge in [-0.1, -0.05) is 17.8 Å². The lowest BCUT2D eigenvalue weighted by molar-refractivity contribution is 0.196. The van der Waals surface area contributed by atoms with E-state index in [2.05, 4.69) is 6.07 Å². The van der Waals surface area contributed by atoms with Crippen molar-refractivity contribution in [1.82, 2.24) is 0 Å². The number of nitriles is 1. The van der Waals surface area contributed by atoms with Gasteiger partial charge in [0.05, 0.1) is 17.7 Å². The molecule has 1 atom stereocenters. The third-order valence-electron chi connectivity index (χ3n) is 2.63. The van der Waals surface area contributed by atoms with Gasteiger partial charge in [-0.3, -0.25) is 0 Å². The summed E-state index contributed by atoms with van der Waals surface area (Å²) in [6, 6.07) is 13.3. The molecule has 4 heteroatoms. The summed E-state index contributed by atoms with van der Waals surface area (Å²) in [7, 11) is 0. The van der Waals surface area contributed by atoms with Crippen LogP contribution in [-0.4, -0.2) is 5.11 Å². The van der Waals surface area contributed by atoms with Crippen molar-refractivity contribution >= 4 is 11.8 Å². The van der Waals surface area contributed by atoms with E-state index >= 15 is 0 Å². The molecular weight excluding hydrogens is 261 g/mol. The van der Waals surface area contributed by atoms with Crippen LogP contribution in [0.3, 0.4) is 0 Å². The molecule has 2 aromatic carbocycles. The Kier molecular flexibility index (Phi) is 4.20. The lowest BCUT2D eigenvalue weighted by Gasteiger charge is -2.12. The summed E-state index contributed by atoms with van der Waals surface area (Å²) in [5.41, 5.74) is 1.29. The molecule has 0 amide bonds. The third-order valence-corrected chi connectivity index (χ3v) is 3.72. The summed E-state index contributed by atoms with van der Waals surface area (Å²) in [6.45, 7) is 1.68. The van der Waals surface area contributed by atoms with Gasteiger partial charge in [-0.25, -0.2) is 4.39 Å². The highest BCUT2D eigenvalue weighted by atomic mass is 32.2. The Balaban J connectivity index is 2.37. The Morgan fingerprint density at radius 3 is 2.47 bits per heavy atom. The molecule has 2 aromatic rings. The number of hydrogen-bond acceptors (Lipinski definition) is 3. The number of hydrogen-bond donors (Lipinski definition) is 1. The molecule has 0 unspecified atom stereocenters. The molecule has 0 fully saturated rings. The van der Waals surface area contributed by atoms with Crippen LogP contribution >= 0.6 is 11.8 Å². The summed E-state index contributed by atoms with van der Waals surface area (Å²) in [5, 5.41) is 18.7. The minimum absolute atomic E-state index is 0.286. The number of nitrogens with zero attached hydrogens (tertiary/aromatic N) is 1. The third kappa shape index (κ3) is 3.34. The largest absolute Gasteiger partial charge is 0.389 e. The number of aliphatic hydroxyl groups is 1. The second-order valence-corrected chi connectivity index (χ2v) is 5.21. The number of aliphatic hydroxyl groups excluding tert-OH is 1. The van der Waals surface area contributed by atoms with Crippen LogP contribution in [0.1, 0.15) is 24.2 Å². The van der Waals surface area contributed by atoms with Gasteiger partial charge in [0.15, 0.2) is 0 Å². The summed E-state index contributed by atoms with van der Waals surface area (Å²) in [6.07, 6.45) is -0.615. The van der Waals surface area contributed by atoms with E-state index in [-0.39, 0.29) is 5.82 Å². The van der Waals surface area contributed by atoms with Crippen LogP contribution in [0.2, 0.25) is 0 Å². The van der Waals surface area contributed by atoms with E-state index in [1.807, 2.05) is 0 Å². The first-order valence-corrected chi connectivity index (χ1v) is 6.57. The molecule has 0 bridgehead atoms. The molecule has 0 saturated carbocycles. The van der Waals surface area contributed by atoms with Crippen LogP contribution in [0.4, 0.5) is 4.39 Å². The maximum Gasteiger partial charge on any atom is 0.123 e. The molecule has 0 spiro atoms. The van der Waals surface area contributed by atoms with E-state index in [0.717, 1.165) is 15.4 Å². The van der Waals surface area contributed by atoms with Crippen molar-refractivity contribution < 1.29 is 9.50 Å². The monoisotopic (exact) mass is 273 g/mol. The fourth-order valence-electron chi connectivity index (χ4n) is 1.67. The van der Waals surface area contributed by atoms with Crippen molar-refractivity contribution in [2.24, 2.45) is 0 Å². The Morgan fingerprint density at radius 2 is 1.89 bits per heavy atom. The molecule has 0 radical (unpaired) electrons. The Hall–Kier alpha value is -1.83. The highest BCUT2D eigenvalue weighted by molar-refractivity contribution is 7.99. The van der Waals surface area contributed by atoms with Gasteiger partial charge >= 0.3 is 0 Å². The highest BCUT2D eigenvalue weighted by Gasteiger charge is 2.10. The quantitative estimate of drug-likeness (QED) is 0.922. The van der Waals surface area contributed by atoms with Crippen LogP contribution in [0.5, 0.6) is 0 Å². The summed E-state index contributed by atoms with van der Waals surface area (Å²) >= 11 is 1.40. The van der Waals surface area contributed by atoms with Crippen LogP contribution in [0.25, 0.3) is 0 Å². The van der Waals surface area contributed by atoms with Crippen LogP contribution in [0.15, 0.2) is 52.3 Å². The fraction of sp³-hybridized carbons (Fsp3) is 0.133. The molecule has 0 aliphatic rings. The van der Waals surface area contributed by atoms with Crippen molar-refractivity contribution in [3.63, 3.8) is 0 Å². The van der Waals surface area contributed by atoms with Crippen molar-refractivity contribution in [2.75, 3.05) is 0 Å². The van der Waals surface area contributed by atoms with Crippen molar-refractivity contribution in [1.29, 1.82) is 5.26 Å². The van der Waals surface area contributed by atoms with Crippen molar-refractivity contribution in [2.45, 2.75) is 22.8 Å². The Morgan fingerprint density at radius 1 is 1.21 bits per heavy atom. The van der Waals surface area contributed by atoms with Gasteiger partial charge in [0.25, 0.3) is 0 Å². The van der Waals surface area contributed by atoms with Gasteiger partial charge in [-0.2, -0.15) is 5.26 Å². The van der Waals surface area contributed by atoms with Gasteiger partial charge in [0, 0.05) is 9.79 Å². The highest BCUT2D eigenvalue weighted by Crippen LogP contribution is 2.34. The topological polar surface area (TPSA) is 44.0 Å². The van der Waals surface area contributed by atoms with E-state index in [1.165, 1.54) is 23.9 Å². The zero-order chi connectivity index (χ0) is 13.8. The van der Waals surface area contributed by atoms with Crippen LogP contribution in [-0.2, 0) is 0 Å². The second-order valence-electron chi connectivity index (χ2n) is 4.10. The first kappa shape index (κ1) is 13.6. The zero-order valence-electron chi connectivity index (χ0n) is 10.3. The van der Waals surface area contributed by atoms with Crippen molar-refractivity contribution in [3.8, 4) is 6.07 Å². The summed E-state index contributed by atoms with van der Waals surface area (Å²) in [4.78, 5) is 1.67. The molecule has 0 heterocycles. The van der Waals surface area contributed by atoms with Gasteiger partial charge < -0.3 is 5.11 Å². The van der Waals surface area contributed by atoms with E-state index in [4.69, 9.17) is 5.26 Å². The first-order valence-electron chi connectivity index (χ1n) is 5.75. The molecule has 96 valence electrons. The Bertz CT molecular complexity index is 617. The zero-order valence-corrected chi connectivity index (χ0v) is 11.1. The van der Waals surface area contributed by atoms with E-state index in [0.29, 0.717) is 5.56 Å². The molecule has 0 saturated heterocycles. The summed E-state index contributed by atoms with van der Waals surface area (Å²) < 4.78 is 12.9.